The molecule has 0 aliphatic rings. The largest absolute Gasteiger partial charge is 0.394 e. The van der Waals surface area contributed by atoms with Gasteiger partial charge in [0.2, 0.25) is 0 Å². The van der Waals surface area contributed by atoms with Crippen molar-refractivity contribution in [1.29, 1.82) is 0 Å². The van der Waals surface area contributed by atoms with Crippen LogP contribution < -0.4 is 0 Å². The summed E-state index contributed by atoms with van der Waals surface area (Å²) >= 11 is 0. The van der Waals surface area contributed by atoms with E-state index in [0.29, 0.717) is 6.61 Å². The molecule has 0 aromatic heterocycles. The molecule has 14 heavy (non-hydrogen) atoms. The van der Waals surface area contributed by atoms with Gasteiger partial charge in [-0.25, -0.2) is 0 Å². The zero-order valence-corrected chi connectivity index (χ0v) is 9.53. The lowest BCUT2D eigenvalue weighted by Crippen LogP contribution is -2.19. The van der Waals surface area contributed by atoms with E-state index in [1.807, 2.05) is 20.8 Å². The molecule has 0 fully saturated rings. The van der Waals surface area contributed by atoms with Gasteiger partial charge in [0.15, 0.2) is 0 Å². The van der Waals surface area contributed by atoms with E-state index in [2.05, 4.69) is 0 Å². The summed E-state index contributed by atoms with van der Waals surface area (Å²) in [4.78, 5) is 0. The lowest BCUT2D eigenvalue weighted by molar-refractivity contribution is 0.00653. The van der Waals surface area contributed by atoms with Crippen LogP contribution in [-0.4, -0.2) is 49.4 Å². The van der Waals surface area contributed by atoms with E-state index in [1.165, 1.54) is 0 Å². The summed E-state index contributed by atoms with van der Waals surface area (Å²) in [5, 5.41) is 17.0. The van der Waals surface area contributed by atoms with Crippen LogP contribution in [0.2, 0.25) is 0 Å². The Morgan fingerprint density at radius 2 is 1.64 bits per heavy atom. The van der Waals surface area contributed by atoms with E-state index in [9.17, 15) is 0 Å². The molecule has 0 aliphatic carbocycles. The maximum Gasteiger partial charge on any atom is 0.100 e. The molecule has 88 valence electrons. The van der Waals surface area contributed by atoms with Crippen LogP contribution in [-0.2, 0) is 9.47 Å². The zero-order valence-electron chi connectivity index (χ0n) is 9.53. The van der Waals surface area contributed by atoms with Gasteiger partial charge >= 0.3 is 0 Å². The molecule has 1 unspecified atom stereocenters. The van der Waals surface area contributed by atoms with Gasteiger partial charge in [0, 0.05) is 19.8 Å². The molecule has 0 spiro atoms. The predicted molar refractivity (Wildman–Crippen MR) is 56.4 cm³/mol. The fraction of sp³-hybridized carbons (Fsp3) is 1.00. The maximum absolute atomic E-state index is 8.71. The molecular formula is C10H24O4. The molecule has 0 radical (unpaired) electrons. The number of ether oxygens (including phenoxy) is 2. The molecule has 2 N–H and O–H groups in total. The molecule has 0 rings (SSSR count). The summed E-state index contributed by atoms with van der Waals surface area (Å²) in [6.45, 7) is 8.33. The molecule has 0 aromatic rings. The fourth-order valence-corrected chi connectivity index (χ4v) is 0.621. The van der Waals surface area contributed by atoms with Gasteiger partial charge in [-0.2, -0.15) is 0 Å². The third-order valence-corrected chi connectivity index (χ3v) is 1.28. The molecule has 4 nitrogen and oxygen atoms in total. The maximum atomic E-state index is 8.71. The van der Waals surface area contributed by atoms with Crippen LogP contribution in [0.3, 0.4) is 0 Å². The van der Waals surface area contributed by atoms with Crippen LogP contribution in [0.4, 0.5) is 0 Å². The molecule has 0 amide bonds. The highest BCUT2D eigenvalue weighted by atomic mass is 16.5. The Balaban J connectivity index is 0. The van der Waals surface area contributed by atoms with E-state index in [0.717, 1.165) is 19.6 Å². The Morgan fingerprint density at radius 1 is 1.07 bits per heavy atom. The highest BCUT2D eigenvalue weighted by Crippen LogP contribution is 1.84. The van der Waals surface area contributed by atoms with Gasteiger partial charge in [0.1, 0.15) is 6.10 Å². The average Bonchev–Trinajstić information content (AvgIpc) is 2.20. The van der Waals surface area contributed by atoms with Crippen molar-refractivity contribution in [2.75, 3.05) is 33.0 Å². The van der Waals surface area contributed by atoms with E-state index in [-0.39, 0.29) is 13.2 Å². The van der Waals surface area contributed by atoms with E-state index < -0.39 is 6.10 Å². The normalized spacial score (nSPS) is 11.8. The van der Waals surface area contributed by atoms with Crippen LogP contribution in [0.5, 0.6) is 0 Å². The molecule has 4 heteroatoms. The third kappa shape index (κ3) is 17.8. The number of hydrogen-bond acceptors (Lipinski definition) is 4. The molecule has 0 aromatic carbocycles. The average molecular weight is 208 g/mol. The summed E-state index contributed by atoms with van der Waals surface area (Å²) in [5.41, 5.74) is 0. The third-order valence-electron chi connectivity index (χ3n) is 1.28. The highest BCUT2D eigenvalue weighted by Gasteiger charge is 1.98. The van der Waals surface area contributed by atoms with Crippen molar-refractivity contribution >= 4 is 0 Å². The number of aliphatic hydroxyl groups excluding tert-OH is 2. The topological polar surface area (TPSA) is 58.9 Å². The van der Waals surface area contributed by atoms with Gasteiger partial charge in [-0.15, -0.1) is 0 Å². The second-order valence-electron chi connectivity index (χ2n) is 2.69. The Bertz CT molecular complexity index is 86.2. The van der Waals surface area contributed by atoms with Crippen molar-refractivity contribution in [2.24, 2.45) is 0 Å². The van der Waals surface area contributed by atoms with E-state index in [4.69, 9.17) is 19.7 Å². The van der Waals surface area contributed by atoms with Gasteiger partial charge in [-0.05, 0) is 20.3 Å². The highest BCUT2D eigenvalue weighted by molar-refractivity contribution is 4.47. The number of hydrogen-bond donors (Lipinski definition) is 2. The molecule has 1 atom stereocenters. The Hall–Kier alpha value is -0.160. The van der Waals surface area contributed by atoms with Crippen molar-refractivity contribution in [3.63, 3.8) is 0 Å². The summed E-state index contributed by atoms with van der Waals surface area (Å²) in [5.74, 6) is 0. The first-order valence-electron chi connectivity index (χ1n) is 5.17. The summed E-state index contributed by atoms with van der Waals surface area (Å²) in [7, 11) is 0. The van der Waals surface area contributed by atoms with E-state index >= 15 is 0 Å². The minimum absolute atomic E-state index is 0.219. The lowest BCUT2D eigenvalue weighted by atomic mass is 10.4. The van der Waals surface area contributed by atoms with Crippen molar-refractivity contribution in [3.05, 3.63) is 0 Å². The Kier molecular flexibility index (Phi) is 17.8. The first-order chi connectivity index (χ1) is 6.72. The van der Waals surface area contributed by atoms with E-state index in [1.54, 1.807) is 0 Å². The first kappa shape index (κ1) is 16.3. The Morgan fingerprint density at radius 3 is 1.93 bits per heavy atom. The Labute approximate surface area is 86.8 Å². The zero-order chi connectivity index (χ0) is 11.2. The molecule has 0 saturated heterocycles. The van der Waals surface area contributed by atoms with Gasteiger partial charge in [-0.3, -0.25) is 0 Å². The van der Waals surface area contributed by atoms with Crippen LogP contribution in [0.15, 0.2) is 0 Å². The van der Waals surface area contributed by atoms with Crippen LogP contribution >= 0.6 is 0 Å². The molecule has 0 heterocycles. The summed E-state index contributed by atoms with van der Waals surface area (Å²) in [6, 6.07) is 0. The van der Waals surface area contributed by atoms with Crippen molar-refractivity contribution in [3.8, 4) is 0 Å². The second kappa shape index (κ2) is 15.3. The van der Waals surface area contributed by atoms with Crippen LogP contribution in [0.25, 0.3) is 0 Å². The first-order valence-corrected chi connectivity index (χ1v) is 5.17. The van der Waals surface area contributed by atoms with Gasteiger partial charge in [-0.1, -0.05) is 6.92 Å². The monoisotopic (exact) mass is 208 g/mol. The van der Waals surface area contributed by atoms with Gasteiger partial charge in [0.25, 0.3) is 0 Å². The minimum Gasteiger partial charge on any atom is -0.394 e. The summed E-state index contributed by atoms with van der Waals surface area (Å²) in [6.07, 6.45) is 0.231. The molecule has 0 aliphatic heterocycles. The van der Waals surface area contributed by atoms with Gasteiger partial charge in [0.05, 0.1) is 13.2 Å². The molecule has 0 bridgehead atoms. The fourth-order valence-electron chi connectivity index (χ4n) is 0.621. The smallest absolute Gasteiger partial charge is 0.100 e. The standard InChI is InChI=1S/C6H14O3.C4H10O/c1-2-3-9-5-6(8)4-7;1-3-5-4-2/h6-8H,2-5H2,1H3;3-4H2,1-2H3. The predicted octanol–water partition coefficient (Wildman–Crippen LogP) is 0.809. The van der Waals surface area contributed by atoms with Crippen molar-refractivity contribution < 1.29 is 19.7 Å². The minimum atomic E-state index is -0.712. The summed E-state index contributed by atoms with van der Waals surface area (Å²) < 4.78 is 9.76. The molecule has 0 saturated carbocycles. The second-order valence-corrected chi connectivity index (χ2v) is 2.69. The van der Waals surface area contributed by atoms with Crippen LogP contribution in [0.1, 0.15) is 27.2 Å². The number of rotatable bonds is 7. The molecular weight excluding hydrogens is 184 g/mol. The van der Waals surface area contributed by atoms with Crippen LogP contribution in [0, 0.1) is 0 Å². The quantitative estimate of drug-likeness (QED) is 0.608. The SMILES string of the molecule is CCCOCC(O)CO.CCOCC. The van der Waals surface area contributed by atoms with Crippen molar-refractivity contribution in [2.45, 2.75) is 33.3 Å². The lowest BCUT2D eigenvalue weighted by Gasteiger charge is -2.05. The van der Waals surface area contributed by atoms with Gasteiger partial charge < -0.3 is 19.7 Å². The number of aliphatic hydroxyl groups is 2. The van der Waals surface area contributed by atoms with Crippen molar-refractivity contribution in [1.82, 2.24) is 0 Å².